The van der Waals surface area contributed by atoms with Crippen molar-refractivity contribution in [3.8, 4) is 34.7 Å². The third-order valence-corrected chi connectivity index (χ3v) is 6.94. The fourth-order valence-corrected chi connectivity index (χ4v) is 4.82. The van der Waals surface area contributed by atoms with E-state index >= 15 is 0 Å². The molecule has 1 fully saturated rings. The number of piperazine rings is 1. The van der Waals surface area contributed by atoms with Crippen molar-refractivity contribution in [1.82, 2.24) is 29.6 Å². The second-order valence-corrected chi connectivity index (χ2v) is 9.51. The van der Waals surface area contributed by atoms with Gasteiger partial charge in [-0.15, -0.1) is 0 Å². The van der Waals surface area contributed by atoms with E-state index in [4.69, 9.17) is 0 Å². The molecule has 1 aromatic carbocycles. The van der Waals surface area contributed by atoms with E-state index in [-0.39, 0.29) is 24.8 Å². The molecular formula is C28H24FN9O2. The second kappa shape index (κ2) is 10.2. The van der Waals surface area contributed by atoms with Crippen LogP contribution in [0, 0.1) is 22.7 Å². The second-order valence-electron chi connectivity index (χ2n) is 9.51. The highest BCUT2D eigenvalue weighted by atomic mass is 19.1. The van der Waals surface area contributed by atoms with Crippen LogP contribution in [0.15, 0.2) is 61.2 Å². The Labute approximate surface area is 229 Å². The van der Waals surface area contributed by atoms with E-state index in [0.29, 0.717) is 39.4 Å². The number of anilines is 1. The molecule has 3 aromatic heterocycles. The van der Waals surface area contributed by atoms with E-state index in [2.05, 4.69) is 32.7 Å². The van der Waals surface area contributed by atoms with Crippen LogP contribution in [-0.2, 0) is 11.8 Å². The van der Waals surface area contributed by atoms with Gasteiger partial charge in [-0.2, -0.15) is 15.6 Å². The number of fused-ring (bicyclic) bond motifs is 1. The van der Waals surface area contributed by atoms with Crippen LogP contribution in [0.3, 0.4) is 0 Å². The third-order valence-electron chi connectivity index (χ3n) is 6.94. The highest BCUT2D eigenvalue weighted by molar-refractivity contribution is 6.07. The van der Waals surface area contributed by atoms with Crippen molar-refractivity contribution >= 4 is 22.6 Å². The SMILES string of the molecule is C=C1CN(c2ncnc3c(-c4cc(C#N)n(C)n4)ccc(-c4ccccn4)c23)[C@@H](C)CN1C(=O)[C@](O)(C#N)CF. The third kappa shape index (κ3) is 4.30. The van der Waals surface area contributed by atoms with Gasteiger partial charge in [0.05, 0.1) is 28.8 Å². The summed E-state index contributed by atoms with van der Waals surface area (Å²) in [6, 6.07) is 14.2. The average molecular weight is 538 g/mol. The zero-order valence-electron chi connectivity index (χ0n) is 21.8. The van der Waals surface area contributed by atoms with Gasteiger partial charge in [0.2, 0.25) is 0 Å². The van der Waals surface area contributed by atoms with Crippen molar-refractivity contribution in [3.05, 3.63) is 66.9 Å². The summed E-state index contributed by atoms with van der Waals surface area (Å²) in [5.74, 6) is -0.507. The van der Waals surface area contributed by atoms with Crippen molar-refractivity contribution in [1.29, 1.82) is 10.5 Å². The predicted molar refractivity (Wildman–Crippen MR) is 144 cm³/mol. The molecule has 0 spiro atoms. The molecule has 1 aliphatic heterocycles. The number of halogens is 1. The standard InChI is InChI=1S/C28H24FN9O2/c1-17-13-38(27(39)28(40,14-29)15-31)18(2)12-37(17)26-24-20(22-6-4-5-9-32-22)7-8-21(25(24)33-16-34-26)23-10-19(11-30)36(3)35-23/h4-10,16-17,40H,2,12-14H2,1,3H3/t17-,28+/m0/s1. The first-order valence-corrected chi connectivity index (χ1v) is 12.3. The Morgan fingerprint density at radius 3 is 2.62 bits per heavy atom. The number of hydrogen-bond donors (Lipinski definition) is 1. The number of pyridine rings is 1. The zero-order valence-corrected chi connectivity index (χ0v) is 21.8. The maximum absolute atomic E-state index is 13.4. The molecule has 0 radical (unpaired) electrons. The van der Waals surface area contributed by atoms with Crippen LogP contribution in [0.4, 0.5) is 10.2 Å². The first-order chi connectivity index (χ1) is 19.2. The number of nitrogens with zero attached hydrogens (tertiary/aromatic N) is 9. The lowest BCUT2D eigenvalue weighted by atomic mass is 9.98. The van der Waals surface area contributed by atoms with Gasteiger partial charge in [-0.05, 0) is 25.1 Å². The van der Waals surface area contributed by atoms with E-state index in [9.17, 15) is 24.8 Å². The number of rotatable bonds is 5. The molecule has 0 aliphatic carbocycles. The van der Waals surface area contributed by atoms with Crippen LogP contribution in [-0.4, -0.2) is 72.1 Å². The Morgan fingerprint density at radius 2 is 1.98 bits per heavy atom. The number of aryl methyl sites for hydroxylation is 1. The summed E-state index contributed by atoms with van der Waals surface area (Å²) in [4.78, 5) is 29.7. The monoisotopic (exact) mass is 537 g/mol. The summed E-state index contributed by atoms with van der Waals surface area (Å²) in [7, 11) is 1.69. The number of amides is 1. The molecule has 0 bridgehead atoms. The molecule has 0 unspecified atom stereocenters. The first-order valence-electron chi connectivity index (χ1n) is 12.3. The Kier molecular flexibility index (Phi) is 6.71. The molecule has 12 heteroatoms. The van der Waals surface area contributed by atoms with Crippen LogP contribution in [0.25, 0.3) is 33.4 Å². The van der Waals surface area contributed by atoms with E-state index in [0.717, 1.165) is 10.5 Å². The molecule has 1 amide bonds. The number of hydrogen-bond acceptors (Lipinski definition) is 9. The lowest BCUT2D eigenvalue weighted by Crippen LogP contribution is -2.58. The van der Waals surface area contributed by atoms with Crippen molar-refractivity contribution in [2.75, 3.05) is 24.7 Å². The number of aromatic nitrogens is 5. The average Bonchev–Trinajstić information content (AvgIpc) is 3.37. The minimum atomic E-state index is -2.78. The Morgan fingerprint density at radius 1 is 1.20 bits per heavy atom. The number of benzene rings is 1. The molecule has 4 aromatic rings. The number of aliphatic hydroxyl groups is 1. The van der Waals surface area contributed by atoms with Gasteiger partial charge in [-0.3, -0.25) is 14.5 Å². The largest absolute Gasteiger partial charge is 0.366 e. The normalized spacial score (nSPS) is 16.9. The quantitative estimate of drug-likeness (QED) is 0.379. The summed E-state index contributed by atoms with van der Waals surface area (Å²) in [5, 5.41) is 34.0. The molecule has 1 aliphatic rings. The summed E-state index contributed by atoms with van der Waals surface area (Å²) in [6.07, 6.45) is 3.12. The minimum Gasteiger partial charge on any atom is -0.366 e. The van der Waals surface area contributed by atoms with Gasteiger partial charge in [0.25, 0.3) is 11.5 Å². The molecule has 0 saturated carbocycles. The summed E-state index contributed by atoms with van der Waals surface area (Å²) >= 11 is 0. The molecule has 2 atom stereocenters. The lowest BCUT2D eigenvalue weighted by molar-refractivity contribution is -0.145. The number of nitriles is 2. The van der Waals surface area contributed by atoms with E-state index in [1.165, 1.54) is 17.1 Å². The highest BCUT2D eigenvalue weighted by Gasteiger charge is 2.43. The molecule has 40 heavy (non-hydrogen) atoms. The van der Waals surface area contributed by atoms with Crippen LogP contribution in [0.5, 0.6) is 0 Å². The van der Waals surface area contributed by atoms with Gasteiger partial charge in [0.1, 0.15) is 36.7 Å². The molecule has 1 saturated heterocycles. The van der Waals surface area contributed by atoms with Crippen molar-refractivity contribution in [3.63, 3.8) is 0 Å². The topological polar surface area (TPSA) is 148 Å². The van der Waals surface area contributed by atoms with Gasteiger partial charge in [-0.1, -0.05) is 18.7 Å². The molecule has 5 rings (SSSR count). The van der Waals surface area contributed by atoms with E-state index < -0.39 is 18.2 Å². The fraction of sp³-hybridized carbons (Fsp3) is 0.250. The van der Waals surface area contributed by atoms with Crippen LogP contribution < -0.4 is 4.90 Å². The smallest absolute Gasteiger partial charge is 0.276 e. The maximum Gasteiger partial charge on any atom is 0.276 e. The van der Waals surface area contributed by atoms with Gasteiger partial charge in [0.15, 0.2) is 0 Å². The molecule has 1 N–H and O–H groups in total. The molecular weight excluding hydrogens is 513 g/mol. The van der Waals surface area contributed by atoms with Gasteiger partial charge in [-0.25, -0.2) is 14.4 Å². The van der Waals surface area contributed by atoms with E-state index in [1.807, 2.05) is 42.2 Å². The summed E-state index contributed by atoms with van der Waals surface area (Å²) < 4.78 is 14.9. The maximum atomic E-state index is 13.4. The Bertz CT molecular complexity index is 1720. The Hall–Kier alpha value is -5.20. The number of alkyl halides is 1. The summed E-state index contributed by atoms with van der Waals surface area (Å²) in [6.45, 7) is 4.45. The molecule has 4 heterocycles. The highest BCUT2D eigenvalue weighted by Crippen LogP contribution is 2.39. The molecule has 11 nitrogen and oxygen atoms in total. The zero-order chi connectivity index (χ0) is 28.6. The van der Waals surface area contributed by atoms with Crippen molar-refractivity contribution in [2.24, 2.45) is 7.05 Å². The fourth-order valence-electron chi connectivity index (χ4n) is 4.82. The minimum absolute atomic E-state index is 0.0392. The first kappa shape index (κ1) is 26.4. The van der Waals surface area contributed by atoms with Gasteiger partial charge in [0, 0.05) is 48.7 Å². The van der Waals surface area contributed by atoms with E-state index in [1.54, 1.807) is 19.3 Å². The van der Waals surface area contributed by atoms with Crippen LogP contribution >= 0.6 is 0 Å². The lowest BCUT2D eigenvalue weighted by Gasteiger charge is -2.43. The van der Waals surface area contributed by atoms with Crippen molar-refractivity contribution < 1.29 is 14.3 Å². The summed E-state index contributed by atoms with van der Waals surface area (Å²) in [5.41, 5.74) is 1.18. The predicted octanol–water partition coefficient (Wildman–Crippen LogP) is 2.74. The molecule has 200 valence electrons. The van der Waals surface area contributed by atoms with Gasteiger partial charge >= 0.3 is 0 Å². The number of carbonyl (C=O) groups is 1. The van der Waals surface area contributed by atoms with Crippen LogP contribution in [0.2, 0.25) is 0 Å². The number of carbonyl (C=O) groups excluding carboxylic acids is 1. The van der Waals surface area contributed by atoms with Crippen LogP contribution in [0.1, 0.15) is 12.6 Å². The van der Waals surface area contributed by atoms with Gasteiger partial charge < -0.3 is 14.9 Å². The Balaban J connectivity index is 1.66. The van der Waals surface area contributed by atoms with Crippen molar-refractivity contribution in [2.45, 2.75) is 18.6 Å².